The van der Waals surface area contributed by atoms with Crippen LogP contribution in [0.5, 0.6) is 0 Å². The molecule has 0 fully saturated rings. The van der Waals surface area contributed by atoms with Gasteiger partial charge in [-0.3, -0.25) is 0 Å². The number of fused-ring (bicyclic) bond motifs is 2. The Hall–Kier alpha value is -2.26. The number of benzene rings is 2. The average Bonchev–Trinajstić information content (AvgIpc) is 2.99. The van der Waals surface area contributed by atoms with Gasteiger partial charge in [-0.05, 0) is 63.4 Å². The summed E-state index contributed by atoms with van der Waals surface area (Å²) in [4.78, 5) is 3.83. The minimum atomic E-state index is 0.960. The lowest BCUT2D eigenvalue weighted by atomic mass is 10.1. The van der Waals surface area contributed by atoms with E-state index in [-0.39, 0.29) is 0 Å². The Morgan fingerprint density at radius 2 is 1.78 bits per heavy atom. The highest BCUT2D eigenvalue weighted by Gasteiger charge is 2.27. The first-order valence-corrected chi connectivity index (χ1v) is 10.6. The number of rotatable bonds is 3. The van der Waals surface area contributed by atoms with Crippen molar-refractivity contribution in [2.24, 2.45) is 0 Å². The summed E-state index contributed by atoms with van der Waals surface area (Å²) in [7, 11) is 0. The molecule has 2 heterocycles. The molecule has 0 N–H and O–H groups in total. The summed E-state index contributed by atoms with van der Waals surface area (Å²) < 4.78 is 2.42. The minimum absolute atomic E-state index is 0.960. The molecule has 0 aliphatic carbocycles. The molecule has 0 bridgehead atoms. The van der Waals surface area contributed by atoms with Crippen LogP contribution in [0.15, 0.2) is 52.4 Å². The number of aryl methyl sites for hydroxylation is 4. The third kappa shape index (κ3) is 3.04. The highest BCUT2D eigenvalue weighted by atomic mass is 32.2. The molecule has 138 valence electrons. The molecule has 3 heteroatoms. The van der Waals surface area contributed by atoms with Crippen LogP contribution in [-0.2, 0) is 6.54 Å². The number of hydrogen-bond donors (Lipinski definition) is 0. The van der Waals surface area contributed by atoms with E-state index < -0.39 is 0 Å². The molecule has 2 aromatic carbocycles. The Bertz CT molecular complexity index is 1070. The van der Waals surface area contributed by atoms with Gasteiger partial charge in [0.2, 0.25) is 11.2 Å². The molecule has 4 rings (SSSR count). The molecule has 1 aliphatic heterocycles. The molecule has 0 saturated heterocycles. The van der Waals surface area contributed by atoms with E-state index in [4.69, 9.17) is 0 Å². The van der Waals surface area contributed by atoms with Crippen molar-refractivity contribution < 1.29 is 4.57 Å². The first kappa shape index (κ1) is 18.1. The van der Waals surface area contributed by atoms with Crippen molar-refractivity contribution in [3.63, 3.8) is 0 Å². The van der Waals surface area contributed by atoms with Crippen molar-refractivity contribution in [2.45, 2.75) is 46.1 Å². The number of nitrogens with zero attached hydrogens (tertiary/aromatic N) is 2. The van der Waals surface area contributed by atoms with E-state index in [2.05, 4.69) is 92.6 Å². The van der Waals surface area contributed by atoms with Crippen molar-refractivity contribution in [3.8, 4) is 0 Å². The molecule has 0 unspecified atom stereocenters. The predicted molar refractivity (Wildman–Crippen MR) is 117 cm³/mol. The molecule has 1 aliphatic rings. The monoisotopic (exact) mass is 375 g/mol. The zero-order valence-corrected chi connectivity index (χ0v) is 17.7. The quantitative estimate of drug-likeness (QED) is 0.518. The predicted octanol–water partition coefficient (Wildman–Crippen LogP) is 6.00. The second-order valence-corrected chi connectivity index (χ2v) is 8.33. The normalized spacial score (nSPS) is 15.0. The lowest BCUT2D eigenvalue weighted by molar-refractivity contribution is -0.669. The third-order valence-corrected chi connectivity index (χ3v) is 6.44. The molecule has 0 radical (unpaired) electrons. The number of hydrogen-bond acceptors (Lipinski definition) is 2. The van der Waals surface area contributed by atoms with Crippen molar-refractivity contribution in [3.05, 3.63) is 69.9 Å². The Labute approximate surface area is 166 Å². The maximum Gasteiger partial charge on any atom is 0.213 e. The van der Waals surface area contributed by atoms with Crippen molar-refractivity contribution in [1.29, 1.82) is 0 Å². The molecule has 0 spiro atoms. The maximum absolute atomic E-state index is 2.46. The van der Waals surface area contributed by atoms with E-state index in [1.807, 2.05) is 11.8 Å². The van der Waals surface area contributed by atoms with Crippen molar-refractivity contribution in [1.82, 2.24) is 0 Å². The molecular weight excluding hydrogens is 348 g/mol. The van der Waals surface area contributed by atoms with Gasteiger partial charge in [-0.15, -0.1) is 0 Å². The summed E-state index contributed by atoms with van der Waals surface area (Å²) in [5.74, 6) is 0. The van der Waals surface area contributed by atoms with Crippen LogP contribution in [0.2, 0.25) is 0 Å². The van der Waals surface area contributed by atoms with Gasteiger partial charge in [0.05, 0.1) is 10.7 Å². The lowest BCUT2D eigenvalue weighted by Crippen LogP contribution is -2.37. The van der Waals surface area contributed by atoms with Gasteiger partial charge in [0.1, 0.15) is 6.54 Å². The van der Waals surface area contributed by atoms with Crippen LogP contribution in [0.1, 0.15) is 36.2 Å². The smallest absolute Gasteiger partial charge is 0.213 e. The van der Waals surface area contributed by atoms with Gasteiger partial charge in [-0.2, -0.15) is 4.57 Å². The fourth-order valence-electron chi connectivity index (χ4n) is 4.20. The molecule has 3 aromatic rings. The summed E-state index contributed by atoms with van der Waals surface area (Å²) in [5, 5.41) is 2.65. The Morgan fingerprint density at radius 3 is 2.52 bits per heavy atom. The lowest BCUT2D eigenvalue weighted by Gasteiger charge is -2.20. The van der Waals surface area contributed by atoms with Crippen LogP contribution >= 0.6 is 11.8 Å². The van der Waals surface area contributed by atoms with Crippen molar-refractivity contribution in [2.75, 3.05) is 11.4 Å². The maximum atomic E-state index is 2.46. The molecule has 27 heavy (non-hydrogen) atoms. The first-order chi connectivity index (χ1) is 13.0. The Balaban J connectivity index is 1.88. The van der Waals surface area contributed by atoms with Crippen LogP contribution in [0.3, 0.4) is 0 Å². The zero-order valence-electron chi connectivity index (χ0n) is 16.8. The molecule has 1 aromatic heterocycles. The minimum Gasteiger partial charge on any atom is -0.335 e. The highest BCUT2D eigenvalue weighted by Crippen LogP contribution is 2.48. The number of thioether (sulfide) groups is 1. The molecule has 0 amide bonds. The third-order valence-electron chi connectivity index (χ3n) is 5.36. The fraction of sp³-hybridized carbons (Fsp3) is 0.292. The summed E-state index contributed by atoms with van der Waals surface area (Å²) in [6.45, 7) is 13.0. The van der Waals surface area contributed by atoms with E-state index in [1.54, 1.807) is 0 Å². The van der Waals surface area contributed by atoms with Gasteiger partial charge in [-0.1, -0.05) is 30.0 Å². The van der Waals surface area contributed by atoms with Crippen LogP contribution in [-0.4, -0.2) is 6.54 Å². The number of anilines is 1. The fourth-order valence-corrected chi connectivity index (χ4v) is 5.55. The van der Waals surface area contributed by atoms with E-state index in [9.17, 15) is 0 Å². The Morgan fingerprint density at radius 1 is 1.00 bits per heavy atom. The van der Waals surface area contributed by atoms with Gasteiger partial charge < -0.3 is 4.90 Å². The van der Waals surface area contributed by atoms with Crippen molar-refractivity contribution >= 4 is 34.4 Å². The van der Waals surface area contributed by atoms with Gasteiger partial charge in [0, 0.05) is 35.0 Å². The molecule has 0 atom stereocenters. The van der Waals surface area contributed by atoms with E-state index in [1.165, 1.54) is 48.9 Å². The Kier molecular flexibility index (Phi) is 4.73. The van der Waals surface area contributed by atoms with E-state index in [0.717, 1.165) is 13.1 Å². The SMILES string of the molecule is CCN1/C(=C/c2cc(C)c3ccccc3[n+]2CC)Sc2cc(C)cc(C)c21. The largest absolute Gasteiger partial charge is 0.335 e. The topological polar surface area (TPSA) is 7.12 Å². The number of aromatic nitrogens is 1. The second kappa shape index (κ2) is 7.05. The highest BCUT2D eigenvalue weighted by molar-refractivity contribution is 8.03. The number of para-hydroxylation sites is 1. The van der Waals surface area contributed by atoms with E-state index in [0.29, 0.717) is 0 Å². The standard InChI is InChI=1S/C24H27N2S/c1-6-25-19(14-17(4)20-10-8-9-11-21(20)25)15-23-26(7-2)24-18(5)12-16(3)13-22(24)27-23/h8-15H,6-7H2,1-5H3/q+1. The number of pyridine rings is 1. The van der Waals surface area contributed by atoms with Crippen LogP contribution in [0, 0.1) is 20.8 Å². The molecular formula is C24H27N2S+. The van der Waals surface area contributed by atoms with Crippen LogP contribution in [0.25, 0.3) is 17.0 Å². The second-order valence-electron chi connectivity index (χ2n) is 7.27. The zero-order chi connectivity index (χ0) is 19.1. The average molecular weight is 376 g/mol. The summed E-state index contributed by atoms with van der Waals surface area (Å²) in [6.07, 6.45) is 2.37. The van der Waals surface area contributed by atoms with Gasteiger partial charge in [-0.25, -0.2) is 0 Å². The summed E-state index contributed by atoms with van der Waals surface area (Å²) in [5.41, 5.74) is 7.99. The molecule has 0 saturated carbocycles. The van der Waals surface area contributed by atoms with E-state index >= 15 is 0 Å². The van der Waals surface area contributed by atoms with Crippen LogP contribution < -0.4 is 9.47 Å². The summed E-state index contributed by atoms with van der Waals surface area (Å²) in [6, 6.07) is 15.6. The summed E-state index contributed by atoms with van der Waals surface area (Å²) >= 11 is 1.90. The first-order valence-electron chi connectivity index (χ1n) is 9.74. The van der Waals surface area contributed by atoms with Gasteiger partial charge in [0.15, 0.2) is 0 Å². The van der Waals surface area contributed by atoms with Crippen LogP contribution in [0.4, 0.5) is 5.69 Å². The van der Waals surface area contributed by atoms with Gasteiger partial charge in [0.25, 0.3) is 0 Å². The van der Waals surface area contributed by atoms with Gasteiger partial charge >= 0.3 is 0 Å². The molecule has 2 nitrogen and oxygen atoms in total.